The molecule has 0 atom stereocenters. The summed E-state index contributed by atoms with van der Waals surface area (Å²) >= 11 is 0. The summed E-state index contributed by atoms with van der Waals surface area (Å²) in [6.07, 6.45) is 3.13. The molecule has 1 saturated heterocycles. The molecule has 0 saturated carbocycles. The Bertz CT molecular complexity index is 870. The number of morpholine rings is 1. The summed E-state index contributed by atoms with van der Waals surface area (Å²) in [5.74, 6) is 0.450. The van der Waals surface area contributed by atoms with Crippen LogP contribution in [0.2, 0.25) is 0 Å². The predicted molar refractivity (Wildman–Crippen MR) is 108 cm³/mol. The van der Waals surface area contributed by atoms with Gasteiger partial charge in [-0.2, -0.15) is 0 Å². The Hall–Kier alpha value is -2.63. The summed E-state index contributed by atoms with van der Waals surface area (Å²) < 4.78 is 11.2. The lowest BCUT2D eigenvalue weighted by molar-refractivity contribution is 0.0358. The van der Waals surface area contributed by atoms with Crippen LogP contribution in [0.3, 0.4) is 0 Å². The van der Waals surface area contributed by atoms with Crippen LogP contribution in [-0.4, -0.2) is 55.2 Å². The number of phenolic OH excluding ortho intramolecular Hbond substituents is 1. The first kappa shape index (κ1) is 18.7. The highest BCUT2D eigenvalue weighted by Crippen LogP contribution is 2.35. The van der Waals surface area contributed by atoms with Crippen LogP contribution in [0, 0.1) is 0 Å². The summed E-state index contributed by atoms with van der Waals surface area (Å²) in [6.45, 7) is 5.08. The summed E-state index contributed by atoms with van der Waals surface area (Å²) in [4.78, 5) is 14.9. The number of ketones is 1. The molecule has 0 radical (unpaired) electrons. The lowest BCUT2D eigenvalue weighted by atomic mass is 9.87. The molecule has 2 aliphatic rings. The van der Waals surface area contributed by atoms with E-state index in [1.54, 1.807) is 12.1 Å². The monoisotopic (exact) mass is 379 g/mol. The number of carbonyl (C=O) groups excluding carboxylic acids is 1. The van der Waals surface area contributed by atoms with E-state index in [1.807, 2.05) is 36.4 Å². The van der Waals surface area contributed by atoms with Crippen LogP contribution in [0.5, 0.6) is 11.5 Å². The largest absolute Gasteiger partial charge is 0.507 e. The zero-order valence-electron chi connectivity index (χ0n) is 15.9. The zero-order chi connectivity index (χ0) is 19.3. The minimum absolute atomic E-state index is 0.00552. The van der Waals surface area contributed by atoms with Gasteiger partial charge in [-0.15, -0.1) is 0 Å². The second-order valence-electron chi connectivity index (χ2n) is 7.21. The molecular weight excluding hydrogens is 354 g/mol. The number of allylic oxidation sites excluding steroid dienone is 2. The van der Waals surface area contributed by atoms with E-state index in [0.29, 0.717) is 24.3 Å². The molecule has 0 aromatic heterocycles. The van der Waals surface area contributed by atoms with Crippen molar-refractivity contribution in [2.24, 2.45) is 0 Å². The van der Waals surface area contributed by atoms with E-state index in [0.717, 1.165) is 56.0 Å². The van der Waals surface area contributed by atoms with Gasteiger partial charge in [0.25, 0.3) is 0 Å². The van der Waals surface area contributed by atoms with Crippen LogP contribution in [0.1, 0.15) is 27.9 Å². The molecule has 0 unspecified atom stereocenters. The Balaban J connectivity index is 1.42. The molecule has 28 heavy (non-hydrogen) atoms. The van der Waals surface area contributed by atoms with Crippen molar-refractivity contribution in [1.29, 1.82) is 0 Å². The first-order valence-electron chi connectivity index (χ1n) is 9.80. The normalized spacial score (nSPS) is 17.1. The third kappa shape index (κ3) is 4.26. The van der Waals surface area contributed by atoms with Gasteiger partial charge in [-0.3, -0.25) is 9.69 Å². The third-order valence-corrected chi connectivity index (χ3v) is 5.24. The van der Waals surface area contributed by atoms with Gasteiger partial charge in [0.15, 0.2) is 5.78 Å². The van der Waals surface area contributed by atoms with Gasteiger partial charge in [0.05, 0.1) is 25.4 Å². The van der Waals surface area contributed by atoms with E-state index in [1.165, 1.54) is 0 Å². The molecule has 5 nitrogen and oxygen atoms in total. The number of rotatable bonds is 6. The zero-order valence-corrected chi connectivity index (χ0v) is 15.9. The number of aromatic hydroxyl groups is 1. The van der Waals surface area contributed by atoms with Crippen LogP contribution < -0.4 is 4.74 Å². The first-order valence-corrected chi connectivity index (χ1v) is 9.80. The average Bonchev–Trinajstić information content (AvgIpc) is 2.72. The Kier molecular flexibility index (Phi) is 5.74. The van der Waals surface area contributed by atoms with Crippen LogP contribution >= 0.6 is 0 Å². The molecule has 0 amide bonds. The highest BCUT2D eigenvalue weighted by atomic mass is 16.5. The second kappa shape index (κ2) is 8.59. The summed E-state index contributed by atoms with van der Waals surface area (Å²) in [7, 11) is 0. The fourth-order valence-electron chi connectivity index (χ4n) is 3.79. The Morgan fingerprint density at radius 3 is 2.68 bits per heavy atom. The number of fused-ring (bicyclic) bond motifs is 1. The van der Waals surface area contributed by atoms with Crippen molar-refractivity contribution < 1.29 is 19.4 Å². The van der Waals surface area contributed by atoms with Gasteiger partial charge >= 0.3 is 0 Å². The summed E-state index contributed by atoms with van der Waals surface area (Å²) in [6, 6.07) is 13.3. The van der Waals surface area contributed by atoms with Gasteiger partial charge in [0.2, 0.25) is 0 Å². The second-order valence-corrected chi connectivity index (χ2v) is 7.21. The molecule has 1 fully saturated rings. The Labute approximate surface area is 165 Å². The molecule has 0 spiro atoms. The number of ether oxygens (including phenoxy) is 2. The average molecular weight is 379 g/mol. The molecule has 1 N–H and O–H groups in total. The number of carbonyl (C=O) groups is 1. The van der Waals surface area contributed by atoms with Crippen molar-refractivity contribution in [2.45, 2.75) is 12.8 Å². The molecule has 5 heteroatoms. The summed E-state index contributed by atoms with van der Waals surface area (Å²) in [5.41, 5.74) is 3.19. The van der Waals surface area contributed by atoms with Gasteiger partial charge in [-0.05, 0) is 41.7 Å². The van der Waals surface area contributed by atoms with Crippen molar-refractivity contribution in [1.82, 2.24) is 4.90 Å². The minimum atomic E-state index is -0.156. The van der Waals surface area contributed by atoms with Gasteiger partial charge in [-0.1, -0.05) is 30.3 Å². The van der Waals surface area contributed by atoms with Crippen molar-refractivity contribution in [3.63, 3.8) is 0 Å². The minimum Gasteiger partial charge on any atom is -0.507 e. The number of nitrogens with zero attached hydrogens (tertiary/aromatic N) is 1. The van der Waals surface area contributed by atoms with E-state index in [2.05, 4.69) is 4.90 Å². The Morgan fingerprint density at radius 2 is 1.89 bits per heavy atom. The SMILES string of the molecule is O=C1C=C(c2ccccc2)Cc2cc(OCCCN3CCOCC3)cc(O)c21. The van der Waals surface area contributed by atoms with E-state index in [4.69, 9.17) is 9.47 Å². The van der Waals surface area contributed by atoms with Gasteiger partial charge in [0.1, 0.15) is 11.5 Å². The summed E-state index contributed by atoms with van der Waals surface area (Å²) in [5, 5.41) is 10.4. The molecule has 0 bridgehead atoms. The molecule has 2 aromatic carbocycles. The molecule has 1 heterocycles. The lowest BCUT2D eigenvalue weighted by Crippen LogP contribution is -2.37. The van der Waals surface area contributed by atoms with Gasteiger partial charge in [-0.25, -0.2) is 0 Å². The molecule has 4 rings (SSSR count). The van der Waals surface area contributed by atoms with Crippen molar-refractivity contribution in [2.75, 3.05) is 39.5 Å². The topological polar surface area (TPSA) is 59.0 Å². The van der Waals surface area contributed by atoms with E-state index < -0.39 is 0 Å². The van der Waals surface area contributed by atoms with Crippen LogP contribution in [0.15, 0.2) is 48.5 Å². The number of benzene rings is 2. The number of hydrogen-bond donors (Lipinski definition) is 1. The van der Waals surface area contributed by atoms with Crippen molar-refractivity contribution in [3.05, 3.63) is 65.2 Å². The fourth-order valence-corrected chi connectivity index (χ4v) is 3.79. The Morgan fingerprint density at radius 1 is 1.11 bits per heavy atom. The predicted octanol–water partition coefficient (Wildman–Crippen LogP) is 3.32. The number of hydrogen-bond acceptors (Lipinski definition) is 5. The van der Waals surface area contributed by atoms with E-state index in [9.17, 15) is 9.90 Å². The first-order chi connectivity index (χ1) is 13.7. The van der Waals surface area contributed by atoms with Crippen LogP contribution in [0.25, 0.3) is 5.57 Å². The molecule has 2 aromatic rings. The van der Waals surface area contributed by atoms with Gasteiger partial charge < -0.3 is 14.6 Å². The molecule has 1 aliphatic carbocycles. The number of phenols is 1. The van der Waals surface area contributed by atoms with Crippen molar-refractivity contribution >= 4 is 11.4 Å². The quantitative estimate of drug-likeness (QED) is 0.781. The maximum atomic E-state index is 12.5. The lowest BCUT2D eigenvalue weighted by Gasteiger charge is -2.26. The smallest absolute Gasteiger partial charge is 0.190 e. The molecular formula is C23H25NO4. The van der Waals surface area contributed by atoms with E-state index >= 15 is 0 Å². The van der Waals surface area contributed by atoms with Gasteiger partial charge in [0, 0.05) is 25.7 Å². The highest BCUT2D eigenvalue weighted by Gasteiger charge is 2.23. The van der Waals surface area contributed by atoms with E-state index in [-0.39, 0.29) is 11.5 Å². The molecule has 1 aliphatic heterocycles. The maximum Gasteiger partial charge on any atom is 0.190 e. The van der Waals surface area contributed by atoms with Crippen LogP contribution in [-0.2, 0) is 11.2 Å². The highest BCUT2D eigenvalue weighted by molar-refractivity contribution is 6.13. The van der Waals surface area contributed by atoms with Crippen molar-refractivity contribution in [3.8, 4) is 11.5 Å². The standard InChI is InChI=1S/C23H25NO4/c25-21-15-18(17-5-2-1-3-6-17)13-19-14-20(16-22(26)23(19)21)28-10-4-7-24-8-11-27-12-9-24/h1-3,5-6,14-16,26H,4,7-13H2. The van der Waals surface area contributed by atoms with Crippen LogP contribution in [0.4, 0.5) is 0 Å². The maximum absolute atomic E-state index is 12.5. The third-order valence-electron chi connectivity index (χ3n) is 5.24. The molecule has 146 valence electrons. The fraction of sp³-hybridized carbons (Fsp3) is 0.348.